The van der Waals surface area contributed by atoms with Crippen molar-refractivity contribution in [3.63, 3.8) is 0 Å². The minimum Gasteiger partial charge on any atom is -0.469 e. The molecule has 88 valence electrons. The summed E-state index contributed by atoms with van der Waals surface area (Å²) in [6.07, 6.45) is 1.70. The molecule has 0 aliphatic heterocycles. The maximum Gasteiger partial charge on any atom is 0.306 e. The fraction of sp³-hybridized carbons (Fsp3) is 0.800. The third kappa shape index (κ3) is 7.93. The van der Waals surface area contributed by atoms with E-state index in [9.17, 15) is 9.59 Å². The Hall–Kier alpha value is -1.10. The molecule has 0 aliphatic carbocycles. The van der Waals surface area contributed by atoms with E-state index in [0.29, 0.717) is 19.4 Å². The Bertz CT molecular complexity index is 205. The molecule has 0 aromatic heterocycles. The Morgan fingerprint density at radius 2 is 1.87 bits per heavy atom. The highest BCUT2D eigenvalue weighted by Crippen LogP contribution is 1.92. The van der Waals surface area contributed by atoms with Crippen molar-refractivity contribution in [2.45, 2.75) is 19.3 Å². The number of carbonyl (C=O) groups is 2. The van der Waals surface area contributed by atoms with Gasteiger partial charge in [0.05, 0.1) is 13.5 Å². The lowest BCUT2D eigenvalue weighted by atomic mass is 10.3. The summed E-state index contributed by atoms with van der Waals surface area (Å²) in [5.41, 5.74) is 0. The first-order chi connectivity index (χ1) is 7.07. The van der Waals surface area contributed by atoms with Gasteiger partial charge >= 0.3 is 5.97 Å². The van der Waals surface area contributed by atoms with Gasteiger partial charge in [0.25, 0.3) is 0 Å². The largest absolute Gasteiger partial charge is 0.469 e. The van der Waals surface area contributed by atoms with Crippen molar-refractivity contribution in [2.24, 2.45) is 0 Å². The molecule has 15 heavy (non-hydrogen) atoms. The summed E-state index contributed by atoms with van der Waals surface area (Å²) in [6.45, 7) is 1.35. The third-order valence-corrected chi connectivity index (χ3v) is 1.98. The van der Waals surface area contributed by atoms with Crippen LogP contribution in [0.2, 0.25) is 0 Å². The second-order valence-corrected chi connectivity index (χ2v) is 3.47. The van der Waals surface area contributed by atoms with E-state index in [1.807, 2.05) is 0 Å². The van der Waals surface area contributed by atoms with E-state index in [1.165, 1.54) is 7.11 Å². The van der Waals surface area contributed by atoms with Crippen molar-refractivity contribution in [3.8, 4) is 0 Å². The van der Waals surface area contributed by atoms with Gasteiger partial charge in [-0.3, -0.25) is 9.59 Å². The van der Waals surface area contributed by atoms with Gasteiger partial charge in [-0.15, -0.1) is 0 Å². The zero-order chi connectivity index (χ0) is 11.7. The molecule has 0 spiro atoms. The summed E-state index contributed by atoms with van der Waals surface area (Å²) < 4.78 is 4.49. The molecule has 0 rings (SSSR count). The summed E-state index contributed by atoms with van der Waals surface area (Å²) >= 11 is 0. The number of amides is 1. The van der Waals surface area contributed by atoms with Gasteiger partial charge in [0.2, 0.25) is 5.91 Å². The maximum atomic E-state index is 11.2. The molecule has 0 heterocycles. The maximum absolute atomic E-state index is 11.2. The molecule has 1 N–H and O–H groups in total. The molecule has 0 radical (unpaired) electrons. The predicted octanol–water partition coefficient (Wildman–Crippen LogP) is 0.00750. The van der Waals surface area contributed by atoms with Crippen molar-refractivity contribution in [1.29, 1.82) is 0 Å². The Labute approximate surface area is 90.8 Å². The van der Waals surface area contributed by atoms with Crippen LogP contribution >= 0.6 is 0 Å². The highest BCUT2D eigenvalue weighted by atomic mass is 16.5. The number of nitrogens with zero attached hydrogens (tertiary/aromatic N) is 1. The average Bonchev–Trinajstić information content (AvgIpc) is 2.22. The zero-order valence-corrected chi connectivity index (χ0v) is 9.71. The van der Waals surface area contributed by atoms with Crippen molar-refractivity contribution in [2.75, 3.05) is 34.3 Å². The van der Waals surface area contributed by atoms with Crippen LogP contribution in [0.1, 0.15) is 19.3 Å². The van der Waals surface area contributed by atoms with Gasteiger partial charge in [0.1, 0.15) is 0 Å². The molecule has 0 saturated carbocycles. The molecule has 0 aliphatic rings. The van der Waals surface area contributed by atoms with Gasteiger partial charge in [-0.1, -0.05) is 0 Å². The lowest BCUT2D eigenvalue weighted by molar-refractivity contribution is -0.140. The van der Waals surface area contributed by atoms with Gasteiger partial charge < -0.3 is 15.0 Å². The van der Waals surface area contributed by atoms with Crippen molar-refractivity contribution >= 4 is 11.9 Å². The van der Waals surface area contributed by atoms with E-state index in [0.717, 1.165) is 13.0 Å². The van der Waals surface area contributed by atoms with Crippen LogP contribution in [0.25, 0.3) is 0 Å². The third-order valence-electron chi connectivity index (χ3n) is 1.98. The van der Waals surface area contributed by atoms with Gasteiger partial charge in [0.15, 0.2) is 0 Å². The first-order valence-corrected chi connectivity index (χ1v) is 5.05. The zero-order valence-electron chi connectivity index (χ0n) is 9.71. The predicted molar refractivity (Wildman–Crippen MR) is 57.4 cm³/mol. The normalized spacial score (nSPS) is 9.80. The second-order valence-electron chi connectivity index (χ2n) is 3.47. The Morgan fingerprint density at radius 1 is 1.20 bits per heavy atom. The Kier molecular flexibility index (Phi) is 7.62. The van der Waals surface area contributed by atoms with Crippen molar-refractivity contribution in [3.05, 3.63) is 0 Å². The minimum atomic E-state index is -0.216. The van der Waals surface area contributed by atoms with Crippen LogP contribution in [0.3, 0.4) is 0 Å². The molecule has 5 heteroatoms. The van der Waals surface area contributed by atoms with E-state index < -0.39 is 0 Å². The van der Waals surface area contributed by atoms with Gasteiger partial charge in [0, 0.05) is 27.1 Å². The van der Waals surface area contributed by atoms with Gasteiger partial charge in [-0.25, -0.2) is 0 Å². The molecule has 0 aromatic carbocycles. The van der Waals surface area contributed by atoms with E-state index >= 15 is 0 Å². The fourth-order valence-electron chi connectivity index (χ4n) is 1.01. The molecule has 0 bridgehead atoms. The second kappa shape index (κ2) is 8.23. The van der Waals surface area contributed by atoms with Gasteiger partial charge in [-0.2, -0.15) is 0 Å². The summed E-state index contributed by atoms with van der Waals surface area (Å²) in [5, 5.41) is 3.07. The molecule has 0 unspecified atom stereocenters. The number of nitrogens with one attached hydrogen (secondary N) is 1. The van der Waals surface area contributed by atoms with Crippen molar-refractivity contribution in [1.82, 2.24) is 10.2 Å². The van der Waals surface area contributed by atoms with Gasteiger partial charge in [-0.05, 0) is 13.0 Å². The van der Waals surface area contributed by atoms with Crippen LogP contribution in [0.15, 0.2) is 0 Å². The fourth-order valence-corrected chi connectivity index (χ4v) is 1.01. The smallest absolute Gasteiger partial charge is 0.306 e. The quantitative estimate of drug-likeness (QED) is 0.481. The molecule has 0 atom stereocenters. The number of esters is 1. The number of hydrogen-bond donors (Lipinski definition) is 1. The topological polar surface area (TPSA) is 58.6 Å². The summed E-state index contributed by atoms with van der Waals surface area (Å²) in [4.78, 5) is 23.5. The van der Waals surface area contributed by atoms with Crippen LogP contribution in [0.4, 0.5) is 0 Å². The number of ether oxygens (including phenoxy) is 1. The van der Waals surface area contributed by atoms with Crippen LogP contribution < -0.4 is 5.32 Å². The summed E-state index contributed by atoms with van der Waals surface area (Å²) in [7, 11) is 4.86. The molecule has 5 nitrogen and oxygen atoms in total. The first kappa shape index (κ1) is 13.9. The molecular formula is C10H20N2O3. The van der Waals surface area contributed by atoms with E-state index in [1.54, 1.807) is 19.0 Å². The number of rotatable bonds is 7. The van der Waals surface area contributed by atoms with Crippen LogP contribution in [0.5, 0.6) is 0 Å². The van der Waals surface area contributed by atoms with Crippen LogP contribution in [0, 0.1) is 0 Å². The standard InChI is InChI=1S/C10H20N2O3/c1-12(2)9(13)5-4-7-11-8-6-10(14)15-3/h11H,4-8H2,1-3H3. The van der Waals surface area contributed by atoms with Crippen LogP contribution in [-0.4, -0.2) is 51.1 Å². The highest BCUT2D eigenvalue weighted by Gasteiger charge is 2.03. The average molecular weight is 216 g/mol. The number of hydrogen-bond acceptors (Lipinski definition) is 4. The van der Waals surface area contributed by atoms with E-state index in [-0.39, 0.29) is 11.9 Å². The summed E-state index contributed by atoms with van der Waals surface area (Å²) in [5.74, 6) is -0.0864. The number of carbonyl (C=O) groups excluding carboxylic acids is 2. The van der Waals surface area contributed by atoms with E-state index in [2.05, 4.69) is 10.1 Å². The highest BCUT2D eigenvalue weighted by molar-refractivity contribution is 5.75. The number of methoxy groups -OCH3 is 1. The lowest BCUT2D eigenvalue weighted by Crippen LogP contribution is -2.24. The minimum absolute atomic E-state index is 0.129. The lowest BCUT2D eigenvalue weighted by Gasteiger charge is -2.09. The monoisotopic (exact) mass is 216 g/mol. The van der Waals surface area contributed by atoms with Crippen molar-refractivity contribution < 1.29 is 14.3 Å². The SMILES string of the molecule is COC(=O)CCNCCCC(=O)N(C)C. The first-order valence-electron chi connectivity index (χ1n) is 5.05. The van der Waals surface area contributed by atoms with Crippen LogP contribution in [-0.2, 0) is 14.3 Å². The summed E-state index contributed by atoms with van der Waals surface area (Å²) in [6, 6.07) is 0. The Morgan fingerprint density at radius 3 is 2.40 bits per heavy atom. The molecule has 0 aromatic rings. The van der Waals surface area contributed by atoms with E-state index in [4.69, 9.17) is 0 Å². The molecule has 1 amide bonds. The molecule has 0 saturated heterocycles. The molecular weight excluding hydrogens is 196 g/mol. The molecule has 0 fully saturated rings. The Balaban J connectivity index is 3.25.